The average molecular weight is 315 g/mol. The summed E-state index contributed by atoms with van der Waals surface area (Å²) in [5.41, 5.74) is 1.06. The zero-order valence-electron chi connectivity index (χ0n) is 12.5. The highest BCUT2D eigenvalue weighted by molar-refractivity contribution is 6.35. The molecule has 0 bridgehead atoms. The largest absolute Gasteiger partial charge is 0.367 e. The minimum Gasteiger partial charge on any atom is -0.367 e. The first-order valence-corrected chi connectivity index (χ1v) is 8.25. The molecule has 2 rings (SSSR count). The van der Waals surface area contributed by atoms with Gasteiger partial charge in [-0.25, -0.2) is 0 Å². The van der Waals surface area contributed by atoms with Gasteiger partial charge in [0.15, 0.2) is 0 Å². The molecule has 0 spiro atoms. The lowest BCUT2D eigenvalue weighted by molar-refractivity contribution is 0.271. The summed E-state index contributed by atoms with van der Waals surface area (Å²) in [6, 6.07) is 6.76. The molecule has 4 heteroatoms. The van der Waals surface area contributed by atoms with Gasteiger partial charge in [-0.15, -0.1) is 0 Å². The van der Waals surface area contributed by atoms with Crippen LogP contribution in [0.2, 0.25) is 10.0 Å². The summed E-state index contributed by atoms with van der Waals surface area (Å²) in [5, 5.41) is 5.20. The number of hydrogen-bond acceptors (Lipinski definition) is 2. The minimum absolute atomic E-state index is 0.453. The van der Waals surface area contributed by atoms with Gasteiger partial charge in [0, 0.05) is 23.7 Å². The summed E-state index contributed by atoms with van der Waals surface area (Å²) in [6.07, 6.45) is 2.33. The second-order valence-electron chi connectivity index (χ2n) is 5.74. The van der Waals surface area contributed by atoms with Crippen LogP contribution < -0.4 is 10.2 Å². The molecular weight excluding hydrogens is 291 g/mol. The van der Waals surface area contributed by atoms with Crippen molar-refractivity contribution in [3.63, 3.8) is 0 Å². The van der Waals surface area contributed by atoms with Gasteiger partial charge in [0.05, 0.1) is 10.7 Å². The van der Waals surface area contributed by atoms with E-state index >= 15 is 0 Å². The van der Waals surface area contributed by atoms with Gasteiger partial charge in [0.1, 0.15) is 0 Å². The Labute approximate surface area is 132 Å². The summed E-state index contributed by atoms with van der Waals surface area (Å²) in [6.45, 7) is 8.93. The fourth-order valence-electron chi connectivity index (χ4n) is 3.03. The smallest absolute Gasteiger partial charge is 0.0640 e. The van der Waals surface area contributed by atoms with Crippen LogP contribution in [0.3, 0.4) is 0 Å². The second-order valence-corrected chi connectivity index (χ2v) is 6.58. The van der Waals surface area contributed by atoms with Crippen molar-refractivity contribution in [3.05, 3.63) is 28.2 Å². The van der Waals surface area contributed by atoms with Gasteiger partial charge in [0.25, 0.3) is 0 Å². The van der Waals surface area contributed by atoms with Crippen molar-refractivity contribution < 1.29 is 0 Å². The average Bonchev–Trinajstić information content (AvgIpc) is 2.43. The molecule has 3 unspecified atom stereocenters. The molecule has 0 aliphatic carbocycles. The number of halogens is 2. The van der Waals surface area contributed by atoms with Gasteiger partial charge in [-0.1, -0.05) is 37.0 Å². The summed E-state index contributed by atoms with van der Waals surface area (Å²) in [4.78, 5) is 2.39. The number of benzene rings is 1. The third kappa shape index (κ3) is 3.41. The van der Waals surface area contributed by atoms with Crippen LogP contribution in [0, 0.1) is 5.92 Å². The summed E-state index contributed by atoms with van der Waals surface area (Å²) >= 11 is 12.5. The summed E-state index contributed by atoms with van der Waals surface area (Å²) < 4.78 is 0. The number of piperidine rings is 1. The standard InChI is InChI=1S/C16H24Cl2N2/c1-4-8-19-15-7-9-20(12(3)11(15)2)16-10-13(17)5-6-14(16)18/h5-6,10-12,15,19H,4,7-9H2,1-3H3. The molecule has 112 valence electrons. The number of nitrogens with one attached hydrogen (secondary N) is 1. The maximum absolute atomic E-state index is 6.35. The molecule has 1 aliphatic heterocycles. The third-order valence-electron chi connectivity index (χ3n) is 4.44. The first kappa shape index (κ1) is 15.9. The highest BCUT2D eigenvalue weighted by Gasteiger charge is 2.32. The molecule has 1 aromatic rings. The zero-order chi connectivity index (χ0) is 14.7. The summed E-state index contributed by atoms with van der Waals surface area (Å²) in [7, 11) is 0. The van der Waals surface area contributed by atoms with Gasteiger partial charge >= 0.3 is 0 Å². The highest BCUT2D eigenvalue weighted by atomic mass is 35.5. The van der Waals surface area contributed by atoms with Crippen molar-refractivity contribution in [2.45, 2.75) is 45.7 Å². The van der Waals surface area contributed by atoms with E-state index in [4.69, 9.17) is 23.2 Å². The van der Waals surface area contributed by atoms with Crippen LogP contribution >= 0.6 is 23.2 Å². The third-order valence-corrected chi connectivity index (χ3v) is 5.00. The van der Waals surface area contributed by atoms with Crippen molar-refractivity contribution in [2.75, 3.05) is 18.0 Å². The van der Waals surface area contributed by atoms with Gasteiger partial charge in [0.2, 0.25) is 0 Å². The lowest BCUT2D eigenvalue weighted by Crippen LogP contribution is -2.53. The second kappa shape index (κ2) is 7.02. The van der Waals surface area contributed by atoms with Gasteiger partial charge < -0.3 is 10.2 Å². The van der Waals surface area contributed by atoms with E-state index < -0.39 is 0 Å². The molecular formula is C16H24Cl2N2. The van der Waals surface area contributed by atoms with Gasteiger partial charge in [-0.2, -0.15) is 0 Å². The van der Waals surface area contributed by atoms with E-state index in [1.54, 1.807) is 0 Å². The SMILES string of the molecule is CCCNC1CCN(c2cc(Cl)ccc2Cl)C(C)C1C. The van der Waals surface area contributed by atoms with E-state index in [1.807, 2.05) is 18.2 Å². The van der Waals surface area contributed by atoms with Crippen LogP contribution in [0.1, 0.15) is 33.6 Å². The number of nitrogens with zero attached hydrogens (tertiary/aromatic N) is 1. The quantitative estimate of drug-likeness (QED) is 0.874. The molecule has 1 heterocycles. The molecule has 2 nitrogen and oxygen atoms in total. The topological polar surface area (TPSA) is 15.3 Å². The van der Waals surface area contributed by atoms with Gasteiger partial charge in [-0.3, -0.25) is 0 Å². The first-order valence-electron chi connectivity index (χ1n) is 7.49. The lowest BCUT2D eigenvalue weighted by atomic mass is 9.86. The Kier molecular flexibility index (Phi) is 5.59. The fourth-order valence-corrected chi connectivity index (χ4v) is 3.42. The van der Waals surface area contributed by atoms with Crippen LogP contribution in [0.15, 0.2) is 18.2 Å². The predicted octanol–water partition coefficient (Wildman–Crippen LogP) is 4.60. The molecule has 3 atom stereocenters. The molecule has 1 N–H and O–H groups in total. The molecule has 0 radical (unpaired) electrons. The molecule has 1 fully saturated rings. The minimum atomic E-state index is 0.453. The summed E-state index contributed by atoms with van der Waals surface area (Å²) in [5.74, 6) is 0.588. The Morgan fingerprint density at radius 2 is 2.05 bits per heavy atom. The molecule has 1 saturated heterocycles. The molecule has 1 aliphatic rings. The maximum Gasteiger partial charge on any atom is 0.0640 e. The Hall–Kier alpha value is -0.440. The zero-order valence-corrected chi connectivity index (χ0v) is 14.0. The number of rotatable bonds is 4. The Balaban J connectivity index is 2.13. The number of anilines is 1. The predicted molar refractivity (Wildman–Crippen MR) is 89.1 cm³/mol. The van der Waals surface area contributed by atoms with Crippen molar-refractivity contribution in [3.8, 4) is 0 Å². The van der Waals surface area contributed by atoms with Crippen LogP contribution in [-0.4, -0.2) is 25.2 Å². The van der Waals surface area contributed by atoms with Crippen molar-refractivity contribution in [1.82, 2.24) is 5.32 Å². The van der Waals surface area contributed by atoms with Crippen LogP contribution in [0.4, 0.5) is 5.69 Å². The van der Waals surface area contributed by atoms with E-state index in [1.165, 1.54) is 6.42 Å². The molecule has 20 heavy (non-hydrogen) atoms. The number of hydrogen-bond donors (Lipinski definition) is 1. The first-order chi connectivity index (χ1) is 9.54. The molecule has 0 amide bonds. The van der Waals surface area contributed by atoms with E-state index in [-0.39, 0.29) is 0 Å². The fraction of sp³-hybridized carbons (Fsp3) is 0.625. The Morgan fingerprint density at radius 1 is 1.30 bits per heavy atom. The van der Waals surface area contributed by atoms with Crippen molar-refractivity contribution >= 4 is 28.9 Å². The Bertz CT molecular complexity index is 450. The highest BCUT2D eigenvalue weighted by Crippen LogP contribution is 2.35. The molecule has 0 aromatic heterocycles. The lowest BCUT2D eigenvalue weighted by Gasteiger charge is -2.44. The van der Waals surface area contributed by atoms with Gasteiger partial charge in [-0.05, 0) is 50.4 Å². The van der Waals surface area contributed by atoms with Crippen LogP contribution in [-0.2, 0) is 0 Å². The van der Waals surface area contributed by atoms with E-state index in [9.17, 15) is 0 Å². The van der Waals surface area contributed by atoms with E-state index in [0.29, 0.717) is 18.0 Å². The van der Waals surface area contributed by atoms with E-state index in [0.717, 1.165) is 35.2 Å². The maximum atomic E-state index is 6.35. The van der Waals surface area contributed by atoms with E-state index in [2.05, 4.69) is 31.0 Å². The van der Waals surface area contributed by atoms with Crippen molar-refractivity contribution in [2.24, 2.45) is 5.92 Å². The molecule has 1 aromatic carbocycles. The van der Waals surface area contributed by atoms with Crippen LogP contribution in [0.25, 0.3) is 0 Å². The monoisotopic (exact) mass is 314 g/mol. The van der Waals surface area contributed by atoms with Crippen LogP contribution in [0.5, 0.6) is 0 Å². The molecule has 0 saturated carbocycles. The van der Waals surface area contributed by atoms with Crippen molar-refractivity contribution in [1.29, 1.82) is 0 Å². The normalized spacial score (nSPS) is 26.9. The Morgan fingerprint density at radius 3 is 2.75 bits per heavy atom.